The summed E-state index contributed by atoms with van der Waals surface area (Å²) in [5, 5.41) is 9.66. The van der Waals surface area contributed by atoms with Gasteiger partial charge < -0.3 is 5.73 Å². The molecule has 1 aliphatic carbocycles. The van der Waals surface area contributed by atoms with E-state index in [1.165, 1.54) is 23.1 Å². The van der Waals surface area contributed by atoms with Gasteiger partial charge in [0.15, 0.2) is 0 Å². The Labute approximate surface area is 160 Å². The minimum absolute atomic E-state index is 0.465. The molecule has 0 unspecified atom stereocenters. The Balaban J connectivity index is 1.62. The molecule has 1 aliphatic heterocycles. The summed E-state index contributed by atoms with van der Waals surface area (Å²) in [5.74, 6) is 1.09. The van der Waals surface area contributed by atoms with E-state index in [9.17, 15) is 0 Å². The van der Waals surface area contributed by atoms with Crippen LogP contribution < -0.4 is 5.73 Å². The largest absolute Gasteiger partial charge is 0.330 e. The Hall–Kier alpha value is -1.86. The summed E-state index contributed by atoms with van der Waals surface area (Å²) in [5.41, 5.74) is 10.6. The van der Waals surface area contributed by atoms with Crippen LogP contribution in [0.3, 0.4) is 0 Å². The number of hydrogen-bond acceptors (Lipinski definition) is 3. The van der Waals surface area contributed by atoms with Gasteiger partial charge in [-0.05, 0) is 67.1 Å². The molecule has 1 heterocycles. The van der Waals surface area contributed by atoms with E-state index in [0.717, 1.165) is 32.5 Å². The monoisotopic (exact) mass is 365 g/mol. The van der Waals surface area contributed by atoms with Crippen LogP contribution in [0.2, 0.25) is 5.02 Å². The van der Waals surface area contributed by atoms with Gasteiger partial charge in [-0.3, -0.25) is 4.90 Å². The molecule has 26 heavy (non-hydrogen) atoms. The fourth-order valence-electron chi connectivity index (χ4n) is 4.67. The number of nitrogens with two attached hydrogens (primary N) is 1. The summed E-state index contributed by atoms with van der Waals surface area (Å²) in [4.78, 5) is 2.65. The predicted octanol–water partition coefficient (Wildman–Crippen LogP) is 3.74. The zero-order valence-corrected chi connectivity index (χ0v) is 15.6. The Kier molecular flexibility index (Phi) is 5.00. The predicted molar refractivity (Wildman–Crippen MR) is 105 cm³/mol. The number of hydrogen-bond donors (Lipinski definition) is 1. The van der Waals surface area contributed by atoms with Crippen molar-refractivity contribution in [2.75, 3.05) is 19.6 Å². The molecule has 4 rings (SSSR count). The molecule has 0 aromatic heterocycles. The highest BCUT2D eigenvalue weighted by Gasteiger charge is 2.38. The molecule has 2 aromatic carbocycles. The molecule has 3 nitrogen and oxygen atoms in total. The maximum absolute atomic E-state index is 9.11. The van der Waals surface area contributed by atoms with E-state index in [2.05, 4.69) is 41.3 Å². The molecule has 0 radical (unpaired) electrons. The van der Waals surface area contributed by atoms with Crippen molar-refractivity contribution < 1.29 is 0 Å². The second kappa shape index (κ2) is 7.40. The van der Waals surface area contributed by atoms with E-state index in [4.69, 9.17) is 22.6 Å². The van der Waals surface area contributed by atoms with Crippen molar-refractivity contribution in [2.45, 2.75) is 31.2 Å². The van der Waals surface area contributed by atoms with E-state index in [-0.39, 0.29) is 0 Å². The molecule has 2 aromatic rings. The van der Waals surface area contributed by atoms with Crippen molar-refractivity contribution in [3.05, 3.63) is 69.7 Å². The van der Waals surface area contributed by atoms with Crippen molar-refractivity contribution in [2.24, 2.45) is 11.7 Å². The van der Waals surface area contributed by atoms with Gasteiger partial charge in [0.1, 0.15) is 6.07 Å². The maximum atomic E-state index is 9.11. The first-order valence-electron chi connectivity index (χ1n) is 9.40. The molecule has 1 saturated heterocycles. The third-order valence-corrected chi connectivity index (χ3v) is 6.39. The summed E-state index contributed by atoms with van der Waals surface area (Å²) in [6.07, 6.45) is 3.28. The first-order valence-corrected chi connectivity index (χ1v) is 9.78. The highest BCUT2D eigenvalue weighted by Crippen LogP contribution is 2.40. The van der Waals surface area contributed by atoms with Crippen molar-refractivity contribution in [1.82, 2.24) is 4.90 Å². The minimum atomic E-state index is 0.465. The SMILES string of the molecule is N#Cc1ccc(C[C@@H]2c3ccccc3C[C@H]2N2CC[C@@H](CN)C2)cc1Cl. The van der Waals surface area contributed by atoms with Crippen LogP contribution in [0.15, 0.2) is 42.5 Å². The summed E-state index contributed by atoms with van der Waals surface area (Å²) in [6.45, 7) is 3.04. The zero-order chi connectivity index (χ0) is 18.1. The highest BCUT2D eigenvalue weighted by atomic mass is 35.5. The lowest BCUT2D eigenvalue weighted by atomic mass is 9.90. The lowest BCUT2D eigenvalue weighted by Crippen LogP contribution is -2.37. The molecule has 0 spiro atoms. The van der Waals surface area contributed by atoms with Gasteiger partial charge in [-0.15, -0.1) is 0 Å². The molecule has 3 atom stereocenters. The van der Waals surface area contributed by atoms with Crippen molar-refractivity contribution in [3.8, 4) is 6.07 Å². The normalized spacial score (nSPS) is 25.2. The van der Waals surface area contributed by atoms with E-state index < -0.39 is 0 Å². The smallest absolute Gasteiger partial charge is 0.101 e. The lowest BCUT2D eigenvalue weighted by Gasteiger charge is -2.30. The van der Waals surface area contributed by atoms with Gasteiger partial charge in [0.05, 0.1) is 10.6 Å². The van der Waals surface area contributed by atoms with Crippen LogP contribution in [0.1, 0.15) is 34.6 Å². The molecular weight excluding hydrogens is 342 g/mol. The van der Waals surface area contributed by atoms with E-state index in [1.54, 1.807) is 0 Å². The fourth-order valence-corrected chi connectivity index (χ4v) is 4.92. The van der Waals surface area contributed by atoms with Gasteiger partial charge in [-0.1, -0.05) is 41.9 Å². The van der Waals surface area contributed by atoms with Crippen molar-refractivity contribution in [3.63, 3.8) is 0 Å². The molecule has 0 saturated carbocycles. The highest BCUT2D eigenvalue weighted by molar-refractivity contribution is 6.31. The van der Waals surface area contributed by atoms with Gasteiger partial charge in [-0.2, -0.15) is 5.26 Å². The molecular formula is C22H24ClN3. The van der Waals surface area contributed by atoms with Gasteiger partial charge in [0.2, 0.25) is 0 Å². The minimum Gasteiger partial charge on any atom is -0.330 e. The van der Waals surface area contributed by atoms with Gasteiger partial charge in [0, 0.05) is 18.5 Å². The number of benzene rings is 2. The third kappa shape index (κ3) is 3.25. The molecule has 1 fully saturated rings. The van der Waals surface area contributed by atoms with Crippen LogP contribution in [-0.2, 0) is 12.8 Å². The topological polar surface area (TPSA) is 53.0 Å². The maximum Gasteiger partial charge on any atom is 0.101 e. The summed E-state index contributed by atoms with van der Waals surface area (Å²) < 4.78 is 0. The van der Waals surface area contributed by atoms with E-state index in [0.29, 0.717) is 28.5 Å². The Morgan fingerprint density at radius 1 is 1.23 bits per heavy atom. The molecule has 0 amide bonds. The summed E-state index contributed by atoms with van der Waals surface area (Å²) in [6, 6.07) is 17.4. The quantitative estimate of drug-likeness (QED) is 0.897. The Morgan fingerprint density at radius 3 is 2.81 bits per heavy atom. The average molecular weight is 366 g/mol. The number of halogens is 1. The number of rotatable bonds is 4. The molecule has 0 bridgehead atoms. The van der Waals surface area contributed by atoms with Crippen LogP contribution in [0, 0.1) is 17.2 Å². The summed E-state index contributed by atoms with van der Waals surface area (Å²) in [7, 11) is 0. The van der Waals surface area contributed by atoms with E-state index >= 15 is 0 Å². The zero-order valence-electron chi connectivity index (χ0n) is 14.9. The Morgan fingerprint density at radius 2 is 2.08 bits per heavy atom. The van der Waals surface area contributed by atoms with Gasteiger partial charge in [-0.25, -0.2) is 0 Å². The molecule has 4 heteroatoms. The first-order chi connectivity index (χ1) is 12.7. The second-order valence-electron chi connectivity index (χ2n) is 7.59. The molecule has 2 aliphatic rings. The number of likely N-dealkylation sites (tertiary alicyclic amines) is 1. The van der Waals surface area contributed by atoms with Crippen LogP contribution >= 0.6 is 11.6 Å². The first kappa shape index (κ1) is 17.5. The van der Waals surface area contributed by atoms with Gasteiger partial charge in [0.25, 0.3) is 0 Å². The van der Waals surface area contributed by atoms with Crippen LogP contribution in [-0.4, -0.2) is 30.6 Å². The van der Waals surface area contributed by atoms with Crippen LogP contribution in [0.5, 0.6) is 0 Å². The fraction of sp³-hybridized carbons (Fsp3) is 0.409. The van der Waals surface area contributed by atoms with Gasteiger partial charge >= 0.3 is 0 Å². The van der Waals surface area contributed by atoms with Crippen molar-refractivity contribution >= 4 is 11.6 Å². The standard InChI is InChI=1S/C22H24ClN3/c23-21-10-15(5-6-18(21)13-25)9-20-19-4-2-1-3-17(19)11-22(20)26-8-7-16(12-24)14-26/h1-6,10,16,20,22H,7-9,11-12,14,24H2/t16-,20+,22+/m0/s1. The van der Waals surface area contributed by atoms with Crippen LogP contribution in [0.4, 0.5) is 0 Å². The molecule has 2 N–H and O–H groups in total. The number of fused-ring (bicyclic) bond motifs is 1. The lowest BCUT2D eigenvalue weighted by molar-refractivity contribution is 0.212. The third-order valence-electron chi connectivity index (χ3n) is 6.08. The van der Waals surface area contributed by atoms with E-state index in [1.807, 2.05) is 12.1 Å². The average Bonchev–Trinajstić information content (AvgIpc) is 3.27. The number of nitrogens with zero attached hydrogens (tertiary/aromatic N) is 2. The second-order valence-corrected chi connectivity index (χ2v) is 8.00. The van der Waals surface area contributed by atoms with Crippen LogP contribution in [0.25, 0.3) is 0 Å². The Bertz CT molecular complexity index is 842. The number of nitriles is 1. The molecule has 134 valence electrons. The van der Waals surface area contributed by atoms with Crippen molar-refractivity contribution in [1.29, 1.82) is 5.26 Å². The summed E-state index contributed by atoms with van der Waals surface area (Å²) >= 11 is 6.27.